The lowest BCUT2D eigenvalue weighted by Gasteiger charge is -2.20. The number of esters is 1. The number of methoxy groups -OCH3 is 1. The summed E-state index contributed by atoms with van der Waals surface area (Å²) in [5.74, 6) is -0.115. The first-order valence-electron chi connectivity index (χ1n) is 7.71. The van der Waals surface area contributed by atoms with Crippen LogP contribution < -0.4 is 0 Å². The van der Waals surface area contributed by atoms with Crippen LogP contribution in [0.2, 0.25) is 0 Å². The zero-order valence-electron chi connectivity index (χ0n) is 13.6. The van der Waals surface area contributed by atoms with Gasteiger partial charge in [0.1, 0.15) is 5.75 Å². The van der Waals surface area contributed by atoms with Gasteiger partial charge in [0.2, 0.25) is 0 Å². The van der Waals surface area contributed by atoms with Crippen LogP contribution in [-0.4, -0.2) is 30.2 Å². The van der Waals surface area contributed by atoms with Crippen molar-refractivity contribution < 1.29 is 19.4 Å². The molecular weight excluding hydrogens is 324 g/mol. The highest BCUT2D eigenvalue weighted by Crippen LogP contribution is 2.39. The van der Waals surface area contributed by atoms with E-state index in [1.165, 1.54) is 18.9 Å². The standard InChI is InChI=1S/C19H18O4S/c1-23-19(22)14-7-6-11(10-17(14)24-2)18-13-4-3-5-15(20)12(13)8-9-16(18)21/h6-10,21H,3-5H2,1-2H3. The van der Waals surface area contributed by atoms with E-state index in [0.717, 1.165) is 28.9 Å². The Morgan fingerprint density at radius 2 is 2.00 bits per heavy atom. The van der Waals surface area contributed by atoms with Crippen LogP contribution in [-0.2, 0) is 11.2 Å². The van der Waals surface area contributed by atoms with Gasteiger partial charge in [-0.3, -0.25) is 4.79 Å². The van der Waals surface area contributed by atoms with Gasteiger partial charge in [0.25, 0.3) is 0 Å². The molecule has 0 saturated carbocycles. The molecule has 0 heterocycles. The summed E-state index contributed by atoms with van der Waals surface area (Å²) in [6.07, 6.45) is 3.99. The maximum Gasteiger partial charge on any atom is 0.338 e. The number of aromatic hydroxyl groups is 1. The smallest absolute Gasteiger partial charge is 0.338 e. The van der Waals surface area contributed by atoms with E-state index < -0.39 is 0 Å². The Bertz CT molecular complexity index is 826. The van der Waals surface area contributed by atoms with Crippen LogP contribution in [0, 0.1) is 0 Å². The predicted molar refractivity (Wildman–Crippen MR) is 93.9 cm³/mol. The average molecular weight is 342 g/mol. The SMILES string of the molecule is COC(=O)c1ccc(-c2c(O)ccc3c2CCCC3=O)cc1SC. The van der Waals surface area contributed by atoms with Crippen molar-refractivity contribution in [3.8, 4) is 16.9 Å². The van der Waals surface area contributed by atoms with Gasteiger partial charge in [-0.15, -0.1) is 11.8 Å². The highest BCUT2D eigenvalue weighted by atomic mass is 32.2. The van der Waals surface area contributed by atoms with Crippen LogP contribution >= 0.6 is 11.8 Å². The molecule has 0 radical (unpaired) electrons. The van der Waals surface area contributed by atoms with Crippen LogP contribution in [0.25, 0.3) is 11.1 Å². The van der Waals surface area contributed by atoms with Gasteiger partial charge >= 0.3 is 5.97 Å². The third kappa shape index (κ3) is 2.80. The van der Waals surface area contributed by atoms with E-state index in [1.807, 2.05) is 12.3 Å². The zero-order chi connectivity index (χ0) is 17.3. The molecule has 3 rings (SSSR count). The van der Waals surface area contributed by atoms with Gasteiger partial charge in [0.05, 0.1) is 12.7 Å². The summed E-state index contributed by atoms with van der Waals surface area (Å²) in [5.41, 5.74) is 3.57. The molecule has 0 spiro atoms. The van der Waals surface area contributed by atoms with Crippen molar-refractivity contribution in [3.05, 3.63) is 47.0 Å². The molecule has 0 aliphatic heterocycles. The fourth-order valence-electron chi connectivity index (χ4n) is 3.16. The molecule has 4 nitrogen and oxygen atoms in total. The van der Waals surface area contributed by atoms with Gasteiger partial charge in [-0.05, 0) is 54.5 Å². The predicted octanol–water partition coefficient (Wildman–Crippen LogP) is 4.09. The second-order valence-electron chi connectivity index (χ2n) is 5.67. The summed E-state index contributed by atoms with van der Waals surface area (Å²) in [4.78, 5) is 24.8. The molecule has 1 aliphatic carbocycles. The van der Waals surface area contributed by atoms with Crippen LogP contribution in [0.5, 0.6) is 5.75 Å². The summed E-state index contributed by atoms with van der Waals surface area (Å²) in [7, 11) is 1.35. The van der Waals surface area contributed by atoms with Gasteiger partial charge in [-0.2, -0.15) is 0 Å². The Labute approximate surface area is 144 Å². The lowest BCUT2D eigenvalue weighted by molar-refractivity contribution is 0.0596. The van der Waals surface area contributed by atoms with Crippen molar-refractivity contribution in [2.24, 2.45) is 0 Å². The lowest BCUT2D eigenvalue weighted by atomic mass is 9.84. The second-order valence-corrected chi connectivity index (χ2v) is 6.52. The Balaban J connectivity index is 2.18. The molecule has 0 atom stereocenters. The molecule has 24 heavy (non-hydrogen) atoms. The van der Waals surface area contributed by atoms with E-state index in [4.69, 9.17) is 4.74 Å². The van der Waals surface area contributed by atoms with Gasteiger partial charge in [0, 0.05) is 22.4 Å². The number of rotatable bonds is 3. The molecule has 0 bridgehead atoms. The van der Waals surface area contributed by atoms with Crippen LogP contribution in [0.1, 0.15) is 39.1 Å². The quantitative estimate of drug-likeness (QED) is 0.672. The van der Waals surface area contributed by atoms with Crippen molar-refractivity contribution in [1.29, 1.82) is 0 Å². The number of phenols is 1. The van der Waals surface area contributed by atoms with E-state index in [9.17, 15) is 14.7 Å². The highest BCUT2D eigenvalue weighted by molar-refractivity contribution is 7.98. The number of thioether (sulfide) groups is 1. The fourth-order valence-corrected chi connectivity index (χ4v) is 3.78. The summed E-state index contributed by atoms with van der Waals surface area (Å²) >= 11 is 1.44. The van der Waals surface area contributed by atoms with Gasteiger partial charge < -0.3 is 9.84 Å². The number of carbonyl (C=O) groups is 2. The maximum atomic E-state index is 12.1. The number of Topliss-reactive ketones (excluding diaryl/α,β-unsaturated/α-hetero) is 1. The first-order valence-corrected chi connectivity index (χ1v) is 8.94. The lowest BCUT2D eigenvalue weighted by Crippen LogP contribution is -2.12. The number of fused-ring (bicyclic) bond motifs is 1. The van der Waals surface area contributed by atoms with E-state index in [0.29, 0.717) is 23.1 Å². The van der Waals surface area contributed by atoms with Gasteiger partial charge in [0.15, 0.2) is 5.78 Å². The first kappa shape index (κ1) is 16.6. The molecule has 0 fully saturated rings. The van der Waals surface area contributed by atoms with Gasteiger partial charge in [-0.25, -0.2) is 4.79 Å². The van der Waals surface area contributed by atoms with Crippen LogP contribution in [0.15, 0.2) is 35.2 Å². The van der Waals surface area contributed by atoms with E-state index in [1.54, 1.807) is 24.3 Å². The molecule has 0 saturated heterocycles. The van der Waals surface area contributed by atoms with Crippen LogP contribution in [0.4, 0.5) is 0 Å². The number of phenolic OH excluding ortho intramolecular Hbond substituents is 1. The van der Waals surface area contributed by atoms with Crippen molar-refractivity contribution in [2.45, 2.75) is 24.2 Å². The molecule has 0 aromatic heterocycles. The maximum absolute atomic E-state index is 12.1. The number of carbonyl (C=O) groups excluding carboxylic acids is 2. The zero-order valence-corrected chi connectivity index (χ0v) is 14.4. The molecule has 124 valence electrons. The topological polar surface area (TPSA) is 63.6 Å². The Hall–Kier alpha value is -2.27. The number of benzene rings is 2. The van der Waals surface area contributed by atoms with Crippen molar-refractivity contribution >= 4 is 23.5 Å². The van der Waals surface area contributed by atoms with Crippen molar-refractivity contribution in [2.75, 3.05) is 13.4 Å². The summed E-state index contributed by atoms with van der Waals surface area (Å²) in [6.45, 7) is 0. The molecule has 2 aromatic rings. The summed E-state index contributed by atoms with van der Waals surface area (Å²) in [6, 6.07) is 8.64. The van der Waals surface area contributed by atoms with E-state index in [2.05, 4.69) is 0 Å². The summed E-state index contributed by atoms with van der Waals surface area (Å²) in [5, 5.41) is 10.4. The third-order valence-corrected chi connectivity index (χ3v) is 5.10. The highest BCUT2D eigenvalue weighted by Gasteiger charge is 2.23. The third-order valence-electron chi connectivity index (χ3n) is 4.32. The minimum atomic E-state index is -0.389. The fraction of sp³-hybridized carbons (Fsp3) is 0.263. The molecule has 1 N–H and O–H groups in total. The second kappa shape index (κ2) is 6.69. The number of hydrogen-bond donors (Lipinski definition) is 1. The first-order chi connectivity index (χ1) is 11.6. The number of hydrogen-bond acceptors (Lipinski definition) is 5. The molecular formula is C19H18O4S. The molecule has 5 heteroatoms. The van der Waals surface area contributed by atoms with E-state index in [-0.39, 0.29) is 17.5 Å². The van der Waals surface area contributed by atoms with Crippen molar-refractivity contribution in [1.82, 2.24) is 0 Å². The molecule has 1 aliphatic rings. The number of ether oxygens (including phenoxy) is 1. The minimum absolute atomic E-state index is 0.119. The van der Waals surface area contributed by atoms with Crippen molar-refractivity contribution in [3.63, 3.8) is 0 Å². The Morgan fingerprint density at radius 3 is 2.71 bits per heavy atom. The molecule has 0 amide bonds. The summed E-state index contributed by atoms with van der Waals surface area (Å²) < 4.78 is 4.81. The number of ketones is 1. The minimum Gasteiger partial charge on any atom is -0.507 e. The normalized spacial score (nSPS) is 13.5. The largest absolute Gasteiger partial charge is 0.507 e. The Kier molecular flexibility index (Phi) is 4.62. The van der Waals surface area contributed by atoms with Gasteiger partial charge in [-0.1, -0.05) is 6.07 Å². The molecule has 0 unspecified atom stereocenters. The monoisotopic (exact) mass is 342 g/mol. The van der Waals surface area contributed by atoms with Crippen LogP contribution in [0.3, 0.4) is 0 Å². The average Bonchev–Trinajstić information content (AvgIpc) is 2.60. The van der Waals surface area contributed by atoms with E-state index >= 15 is 0 Å². The molecule has 2 aromatic carbocycles. The Morgan fingerprint density at radius 1 is 1.21 bits per heavy atom.